The first-order valence-corrected chi connectivity index (χ1v) is 9.08. The predicted octanol–water partition coefficient (Wildman–Crippen LogP) is 2.74. The zero-order valence-corrected chi connectivity index (χ0v) is 15.1. The van der Waals surface area contributed by atoms with E-state index in [1.54, 1.807) is 0 Å². The lowest BCUT2D eigenvalue weighted by atomic mass is 10.1. The number of ether oxygens (including phenoxy) is 1. The quantitative estimate of drug-likeness (QED) is 0.547. The second-order valence-electron chi connectivity index (χ2n) is 5.88. The molecule has 0 radical (unpaired) electrons. The molecule has 25 heavy (non-hydrogen) atoms. The minimum atomic E-state index is -0.155. The number of nitrogens with two attached hydrogens (primary N) is 1. The first-order chi connectivity index (χ1) is 12.2. The highest BCUT2D eigenvalue weighted by molar-refractivity contribution is 5.94. The number of nitrogen functional groups attached to an aromatic ring is 1. The lowest BCUT2D eigenvalue weighted by Gasteiger charge is -2.09. The van der Waals surface area contributed by atoms with Crippen molar-refractivity contribution in [3.63, 3.8) is 0 Å². The molecule has 0 spiro atoms. The summed E-state index contributed by atoms with van der Waals surface area (Å²) >= 11 is 0. The van der Waals surface area contributed by atoms with E-state index in [0.717, 1.165) is 62.2 Å². The van der Waals surface area contributed by atoms with Gasteiger partial charge in [0.2, 0.25) is 0 Å². The number of rotatable bonds is 0. The van der Waals surface area contributed by atoms with Gasteiger partial charge in [-0.25, -0.2) is 0 Å². The van der Waals surface area contributed by atoms with Gasteiger partial charge in [0.1, 0.15) is 0 Å². The molecule has 1 aromatic carbocycles. The van der Waals surface area contributed by atoms with Crippen molar-refractivity contribution < 1.29 is 14.9 Å². The van der Waals surface area contributed by atoms with Crippen LogP contribution in [0.15, 0.2) is 12.1 Å². The van der Waals surface area contributed by atoms with Gasteiger partial charge in [0.05, 0.1) is 12.1 Å². The number of aromatic nitrogens is 1. The van der Waals surface area contributed by atoms with Gasteiger partial charge in [0, 0.05) is 36.0 Å². The first kappa shape index (κ1) is 19.3. The largest absolute Gasteiger partial charge is 0.504 e. The Morgan fingerprint density at radius 3 is 2.60 bits per heavy atom. The fourth-order valence-electron chi connectivity index (χ4n) is 2.99. The maximum atomic E-state index is 9.46. The molecular weight excluding hydrogens is 318 g/mol. The van der Waals surface area contributed by atoms with E-state index in [1.165, 1.54) is 18.6 Å². The van der Waals surface area contributed by atoms with Crippen LogP contribution in [0.5, 0.6) is 11.5 Å². The van der Waals surface area contributed by atoms with Crippen LogP contribution in [0.2, 0.25) is 0 Å². The van der Waals surface area contributed by atoms with Crippen molar-refractivity contribution in [2.24, 2.45) is 0 Å². The van der Waals surface area contributed by atoms with Crippen LogP contribution in [-0.2, 0) is 17.6 Å². The van der Waals surface area contributed by atoms with Crippen LogP contribution >= 0.6 is 0 Å². The molecule has 1 aromatic heterocycles. The molecule has 0 saturated carbocycles. The fraction of sp³-hybridized carbons (Fsp3) is 0.526. The number of hydrogen-bond donors (Lipinski definition) is 4. The third kappa shape index (κ3) is 4.74. The highest BCUT2D eigenvalue weighted by Gasteiger charge is 2.18. The Bertz CT molecular complexity index is 684. The van der Waals surface area contributed by atoms with Gasteiger partial charge in [0.15, 0.2) is 11.5 Å². The molecule has 4 rings (SSSR count). The van der Waals surface area contributed by atoms with Crippen molar-refractivity contribution in [1.29, 1.82) is 0 Å². The van der Waals surface area contributed by atoms with E-state index < -0.39 is 0 Å². The van der Waals surface area contributed by atoms with Gasteiger partial charge in [0.25, 0.3) is 0 Å². The molecule has 1 aliphatic carbocycles. The highest BCUT2D eigenvalue weighted by Crippen LogP contribution is 2.36. The van der Waals surface area contributed by atoms with Gasteiger partial charge in [-0.3, -0.25) is 4.98 Å². The second-order valence-corrected chi connectivity index (χ2v) is 5.88. The Labute approximate surface area is 149 Å². The molecule has 6 heteroatoms. The molecule has 0 amide bonds. The van der Waals surface area contributed by atoms with Gasteiger partial charge < -0.3 is 26.0 Å². The molecule has 0 unspecified atom stereocenters. The summed E-state index contributed by atoms with van der Waals surface area (Å²) in [7, 11) is 0. The summed E-state index contributed by atoms with van der Waals surface area (Å²) < 4.78 is 5.13. The van der Waals surface area contributed by atoms with Crippen LogP contribution in [0.4, 0.5) is 5.69 Å². The van der Waals surface area contributed by atoms with Gasteiger partial charge in [-0.1, -0.05) is 13.8 Å². The van der Waals surface area contributed by atoms with Crippen molar-refractivity contribution in [3.05, 3.63) is 23.4 Å². The lowest BCUT2D eigenvalue weighted by Crippen LogP contribution is -2.15. The molecule has 1 fully saturated rings. The van der Waals surface area contributed by atoms with E-state index in [9.17, 15) is 10.2 Å². The Kier molecular flexibility index (Phi) is 7.28. The number of hydrogen-bond acceptors (Lipinski definition) is 6. The van der Waals surface area contributed by atoms with Crippen molar-refractivity contribution in [2.75, 3.05) is 32.0 Å². The zero-order chi connectivity index (χ0) is 18.2. The number of nitrogens with zero attached hydrogens (tertiary/aromatic N) is 1. The molecule has 2 aromatic rings. The van der Waals surface area contributed by atoms with E-state index in [-0.39, 0.29) is 11.5 Å². The van der Waals surface area contributed by atoms with Crippen LogP contribution in [0.25, 0.3) is 10.9 Å². The highest BCUT2D eigenvalue weighted by atomic mass is 16.5. The van der Waals surface area contributed by atoms with Crippen molar-refractivity contribution >= 4 is 16.6 Å². The average molecular weight is 347 g/mol. The van der Waals surface area contributed by atoms with Gasteiger partial charge in [-0.2, -0.15) is 0 Å². The van der Waals surface area contributed by atoms with Gasteiger partial charge in [-0.15, -0.1) is 0 Å². The number of aryl methyl sites for hydroxylation is 1. The summed E-state index contributed by atoms with van der Waals surface area (Å²) in [6, 6.07) is 2.94. The normalized spacial score (nSPS) is 16.1. The van der Waals surface area contributed by atoms with Crippen LogP contribution in [-0.4, -0.2) is 41.5 Å². The SMILES string of the molecule is C1CNCCOC1.CC.Nc1c2c(nc3cc(O)c(O)cc13)CCC2. The Hall–Kier alpha value is -2.05. The van der Waals surface area contributed by atoms with E-state index in [4.69, 9.17) is 10.5 Å². The lowest BCUT2D eigenvalue weighted by molar-refractivity contribution is 0.151. The van der Waals surface area contributed by atoms with Crippen molar-refractivity contribution in [2.45, 2.75) is 39.5 Å². The molecule has 2 heterocycles. The number of phenolic OH excluding ortho intramolecular Hbond substituents is 2. The smallest absolute Gasteiger partial charge is 0.159 e. The van der Waals surface area contributed by atoms with Gasteiger partial charge >= 0.3 is 0 Å². The predicted molar refractivity (Wildman–Crippen MR) is 101 cm³/mol. The summed E-state index contributed by atoms with van der Waals surface area (Å²) in [5, 5.41) is 22.8. The maximum absolute atomic E-state index is 9.46. The Balaban J connectivity index is 0.000000211. The summed E-state index contributed by atoms with van der Waals surface area (Å²) in [5.74, 6) is -0.309. The molecule has 5 N–H and O–H groups in total. The number of anilines is 1. The topological polar surface area (TPSA) is 101 Å². The molecule has 138 valence electrons. The number of benzene rings is 1. The minimum absolute atomic E-state index is 0.154. The zero-order valence-electron chi connectivity index (χ0n) is 15.1. The standard InChI is InChI=1S/C12H12N2O2.C5H11NO.C2H6/c13-12-6-2-1-3-8(6)14-9-5-11(16)10(15)4-7(9)12;1-2-6-3-5-7-4-1;1-2/h4-5,15-16H,1-3H2,(H2,13,14);6H,1-5H2;1-2H3. The average Bonchev–Trinajstić information content (AvgIpc) is 2.90. The summed E-state index contributed by atoms with van der Waals surface area (Å²) in [4.78, 5) is 4.47. The Morgan fingerprint density at radius 1 is 1.04 bits per heavy atom. The second kappa shape index (κ2) is 9.44. The maximum Gasteiger partial charge on any atom is 0.159 e. The molecular formula is C19H29N3O3. The number of fused-ring (bicyclic) bond motifs is 2. The molecule has 2 aliphatic rings. The van der Waals surface area contributed by atoms with Crippen LogP contribution in [0, 0.1) is 0 Å². The summed E-state index contributed by atoms with van der Waals surface area (Å²) in [6.07, 6.45) is 4.13. The number of nitrogens with one attached hydrogen (secondary N) is 1. The summed E-state index contributed by atoms with van der Waals surface area (Å²) in [6.45, 7) is 7.98. The monoisotopic (exact) mass is 347 g/mol. The number of pyridine rings is 1. The van der Waals surface area contributed by atoms with Crippen molar-refractivity contribution in [1.82, 2.24) is 10.3 Å². The van der Waals surface area contributed by atoms with E-state index in [2.05, 4.69) is 10.3 Å². The van der Waals surface area contributed by atoms with Crippen LogP contribution in [0.1, 0.15) is 37.9 Å². The molecule has 1 saturated heterocycles. The third-order valence-corrected chi connectivity index (χ3v) is 4.22. The Morgan fingerprint density at radius 2 is 1.80 bits per heavy atom. The third-order valence-electron chi connectivity index (χ3n) is 4.22. The van der Waals surface area contributed by atoms with Crippen LogP contribution in [0.3, 0.4) is 0 Å². The molecule has 0 atom stereocenters. The van der Waals surface area contributed by atoms with Crippen molar-refractivity contribution in [3.8, 4) is 11.5 Å². The number of aromatic hydroxyl groups is 2. The molecule has 6 nitrogen and oxygen atoms in total. The molecule has 0 bridgehead atoms. The first-order valence-electron chi connectivity index (χ1n) is 9.08. The van der Waals surface area contributed by atoms with E-state index in [0.29, 0.717) is 11.2 Å². The van der Waals surface area contributed by atoms with E-state index in [1.807, 2.05) is 13.8 Å². The van der Waals surface area contributed by atoms with Crippen LogP contribution < -0.4 is 11.1 Å². The fourth-order valence-corrected chi connectivity index (χ4v) is 2.99. The minimum Gasteiger partial charge on any atom is -0.504 e. The number of phenols is 2. The van der Waals surface area contributed by atoms with Gasteiger partial charge in [-0.05, 0) is 43.9 Å². The summed E-state index contributed by atoms with van der Waals surface area (Å²) in [5.41, 5.74) is 9.51. The van der Waals surface area contributed by atoms with E-state index >= 15 is 0 Å². The molecule has 1 aliphatic heterocycles.